The molecule has 0 aliphatic carbocycles. The lowest BCUT2D eigenvalue weighted by Crippen LogP contribution is -2.23. The van der Waals surface area contributed by atoms with E-state index in [2.05, 4.69) is 40.3 Å². The maximum absolute atomic E-state index is 13.7. The van der Waals surface area contributed by atoms with Crippen LogP contribution in [0.3, 0.4) is 0 Å². The van der Waals surface area contributed by atoms with E-state index in [4.69, 9.17) is 0 Å². The minimum Gasteiger partial charge on any atom is -0.304 e. The molecule has 1 nitrogen and oxygen atoms in total. The van der Waals surface area contributed by atoms with Crippen molar-refractivity contribution in [2.45, 2.75) is 25.9 Å². The second kappa shape index (κ2) is 6.31. The van der Waals surface area contributed by atoms with E-state index < -0.39 is 0 Å². The number of nitrogens with one attached hydrogen (secondary N) is 1. The van der Waals surface area contributed by atoms with Crippen LogP contribution in [0.25, 0.3) is 0 Å². The van der Waals surface area contributed by atoms with Crippen molar-refractivity contribution >= 4 is 15.9 Å². The van der Waals surface area contributed by atoms with Crippen LogP contribution in [0.2, 0.25) is 0 Å². The summed E-state index contributed by atoms with van der Waals surface area (Å²) in [4.78, 5) is 0. The van der Waals surface area contributed by atoms with E-state index in [9.17, 15) is 4.39 Å². The first-order chi connectivity index (χ1) is 9.08. The average molecular weight is 322 g/mol. The lowest BCUT2D eigenvalue weighted by molar-refractivity contribution is 0.474. The first kappa shape index (κ1) is 14.2. The molecule has 100 valence electrons. The minimum absolute atomic E-state index is 0.0279. The summed E-state index contributed by atoms with van der Waals surface area (Å²) in [7, 11) is 0. The molecule has 2 rings (SSSR count). The van der Waals surface area contributed by atoms with Crippen LogP contribution in [-0.4, -0.2) is 0 Å². The van der Waals surface area contributed by atoms with Crippen molar-refractivity contribution in [3.63, 3.8) is 0 Å². The van der Waals surface area contributed by atoms with Gasteiger partial charge in [-0.1, -0.05) is 46.3 Å². The Morgan fingerprint density at radius 3 is 2.21 bits per heavy atom. The number of halogens is 2. The topological polar surface area (TPSA) is 12.0 Å². The Hall–Kier alpha value is -1.19. The van der Waals surface area contributed by atoms with Crippen molar-refractivity contribution in [1.82, 2.24) is 5.32 Å². The average Bonchev–Trinajstić information content (AvgIpc) is 2.39. The molecule has 0 fully saturated rings. The normalized spacial score (nSPS) is 14.1. The lowest BCUT2D eigenvalue weighted by Gasteiger charge is -2.21. The Morgan fingerprint density at radius 1 is 0.947 bits per heavy atom. The van der Waals surface area contributed by atoms with Crippen molar-refractivity contribution in [3.05, 3.63) is 69.9 Å². The van der Waals surface area contributed by atoms with E-state index in [0.717, 1.165) is 4.47 Å². The van der Waals surface area contributed by atoms with Crippen molar-refractivity contribution in [3.8, 4) is 0 Å². The Morgan fingerprint density at radius 2 is 1.58 bits per heavy atom. The van der Waals surface area contributed by atoms with E-state index in [0.29, 0.717) is 5.56 Å². The van der Waals surface area contributed by atoms with Crippen LogP contribution < -0.4 is 5.32 Å². The predicted octanol–water partition coefficient (Wildman–Crippen LogP) is 5.00. The summed E-state index contributed by atoms with van der Waals surface area (Å²) in [5.74, 6) is -0.162. The van der Waals surface area contributed by atoms with Gasteiger partial charge in [0.1, 0.15) is 5.82 Å². The van der Waals surface area contributed by atoms with Gasteiger partial charge in [0.15, 0.2) is 0 Å². The molecule has 1 N–H and O–H groups in total. The third kappa shape index (κ3) is 3.64. The van der Waals surface area contributed by atoms with Crippen LogP contribution in [0.1, 0.15) is 37.1 Å². The zero-order valence-corrected chi connectivity index (χ0v) is 12.6. The third-order valence-corrected chi connectivity index (χ3v) is 3.77. The van der Waals surface area contributed by atoms with Gasteiger partial charge in [0.05, 0.1) is 0 Å². The van der Waals surface area contributed by atoms with Gasteiger partial charge in [-0.25, -0.2) is 4.39 Å². The molecule has 3 heteroatoms. The van der Waals surface area contributed by atoms with Crippen molar-refractivity contribution in [1.29, 1.82) is 0 Å². The summed E-state index contributed by atoms with van der Waals surface area (Å²) in [6.45, 7) is 4.06. The molecule has 0 aliphatic rings. The lowest BCUT2D eigenvalue weighted by atomic mass is 10.0. The van der Waals surface area contributed by atoms with Gasteiger partial charge in [-0.05, 0) is 37.6 Å². The minimum atomic E-state index is -0.162. The van der Waals surface area contributed by atoms with Crippen LogP contribution in [0.5, 0.6) is 0 Å². The molecule has 0 radical (unpaired) electrons. The molecule has 0 bridgehead atoms. The molecule has 0 saturated heterocycles. The maximum atomic E-state index is 13.7. The molecule has 19 heavy (non-hydrogen) atoms. The van der Waals surface area contributed by atoms with Gasteiger partial charge in [-0.3, -0.25) is 0 Å². The highest BCUT2D eigenvalue weighted by Crippen LogP contribution is 2.22. The molecule has 0 heterocycles. The smallest absolute Gasteiger partial charge is 0.127 e. The number of hydrogen-bond donors (Lipinski definition) is 1. The fraction of sp³-hybridized carbons (Fsp3) is 0.250. The molecule has 2 atom stereocenters. The summed E-state index contributed by atoms with van der Waals surface area (Å²) in [5, 5.41) is 3.42. The van der Waals surface area contributed by atoms with Crippen LogP contribution in [-0.2, 0) is 0 Å². The molecule has 2 aromatic carbocycles. The van der Waals surface area contributed by atoms with Gasteiger partial charge in [0.2, 0.25) is 0 Å². The molecule has 0 spiro atoms. The second-order valence-electron chi connectivity index (χ2n) is 4.68. The Labute approximate surface area is 122 Å². The van der Waals surface area contributed by atoms with Gasteiger partial charge in [0.25, 0.3) is 0 Å². The monoisotopic (exact) mass is 321 g/mol. The molecule has 0 aliphatic heterocycles. The third-order valence-electron chi connectivity index (χ3n) is 3.24. The summed E-state index contributed by atoms with van der Waals surface area (Å²) < 4.78 is 14.8. The van der Waals surface area contributed by atoms with Gasteiger partial charge in [-0.15, -0.1) is 0 Å². The fourth-order valence-electron chi connectivity index (χ4n) is 2.14. The highest BCUT2D eigenvalue weighted by atomic mass is 79.9. The van der Waals surface area contributed by atoms with E-state index in [1.165, 1.54) is 11.6 Å². The predicted molar refractivity (Wildman–Crippen MR) is 80.5 cm³/mol. The van der Waals surface area contributed by atoms with E-state index in [1.807, 2.05) is 31.2 Å². The van der Waals surface area contributed by atoms with Crippen LogP contribution in [0.15, 0.2) is 53.0 Å². The Bertz CT molecular complexity index is 539. The number of benzene rings is 2. The van der Waals surface area contributed by atoms with Gasteiger partial charge in [0, 0.05) is 22.1 Å². The van der Waals surface area contributed by atoms with Crippen LogP contribution in [0, 0.1) is 5.82 Å². The van der Waals surface area contributed by atoms with Crippen LogP contribution in [0.4, 0.5) is 4.39 Å². The largest absolute Gasteiger partial charge is 0.304 e. The first-order valence-corrected chi connectivity index (χ1v) is 7.13. The zero-order valence-electron chi connectivity index (χ0n) is 11.0. The number of rotatable bonds is 4. The Balaban J connectivity index is 2.08. The highest BCUT2D eigenvalue weighted by molar-refractivity contribution is 9.10. The van der Waals surface area contributed by atoms with Crippen molar-refractivity contribution < 1.29 is 4.39 Å². The summed E-state index contributed by atoms with van der Waals surface area (Å²) >= 11 is 3.42. The standard InChI is InChI=1S/C16H17BrFN/c1-11(13-7-9-14(17)10-8-13)19-12(2)15-5-3-4-6-16(15)18/h3-12,19H,1-2H3/t11-,12?/m1/s1. The molecular formula is C16H17BrFN. The van der Waals surface area contributed by atoms with Crippen molar-refractivity contribution in [2.24, 2.45) is 0 Å². The molecular weight excluding hydrogens is 305 g/mol. The molecule has 0 saturated carbocycles. The van der Waals surface area contributed by atoms with E-state index in [-0.39, 0.29) is 17.9 Å². The molecule has 1 unspecified atom stereocenters. The van der Waals surface area contributed by atoms with Crippen molar-refractivity contribution in [2.75, 3.05) is 0 Å². The van der Waals surface area contributed by atoms with E-state index >= 15 is 0 Å². The maximum Gasteiger partial charge on any atom is 0.127 e. The second-order valence-corrected chi connectivity index (χ2v) is 5.60. The highest BCUT2D eigenvalue weighted by Gasteiger charge is 2.13. The summed E-state index contributed by atoms with van der Waals surface area (Å²) in [6.07, 6.45) is 0. The molecule has 0 amide bonds. The molecule has 0 aromatic heterocycles. The summed E-state index contributed by atoms with van der Waals surface area (Å²) in [6, 6.07) is 15.2. The SMILES string of the molecule is CC(N[C@H](C)c1ccc(Br)cc1)c1ccccc1F. The van der Waals surface area contributed by atoms with Gasteiger partial charge in [-0.2, -0.15) is 0 Å². The van der Waals surface area contributed by atoms with E-state index in [1.54, 1.807) is 6.07 Å². The quantitative estimate of drug-likeness (QED) is 0.835. The van der Waals surface area contributed by atoms with Crippen LogP contribution >= 0.6 is 15.9 Å². The first-order valence-electron chi connectivity index (χ1n) is 6.34. The summed E-state index contributed by atoms with van der Waals surface area (Å²) in [5.41, 5.74) is 1.89. The number of hydrogen-bond acceptors (Lipinski definition) is 1. The fourth-order valence-corrected chi connectivity index (χ4v) is 2.40. The Kier molecular flexibility index (Phi) is 4.72. The van der Waals surface area contributed by atoms with Gasteiger partial charge >= 0.3 is 0 Å². The molecule has 2 aromatic rings. The van der Waals surface area contributed by atoms with Gasteiger partial charge < -0.3 is 5.32 Å². The zero-order chi connectivity index (χ0) is 13.8.